The Bertz CT molecular complexity index is 406. The standard InChI is InChI=1S/C16H29N3O/c1-4-13-19-14(9-12-17-19)15(20)16(18(2)3)10-7-5-6-8-11-16/h9,12,15,20H,4-8,10-11,13H2,1-3H3. The number of hydrogen-bond acceptors (Lipinski definition) is 3. The summed E-state index contributed by atoms with van der Waals surface area (Å²) in [5.74, 6) is 0. The first-order chi connectivity index (χ1) is 9.62. The molecule has 0 aromatic carbocycles. The molecule has 1 aliphatic rings. The van der Waals surface area contributed by atoms with Gasteiger partial charge in [0.15, 0.2) is 0 Å². The van der Waals surface area contributed by atoms with Crippen molar-refractivity contribution in [1.82, 2.24) is 14.7 Å². The summed E-state index contributed by atoms with van der Waals surface area (Å²) >= 11 is 0. The van der Waals surface area contributed by atoms with E-state index in [0.29, 0.717) is 0 Å². The molecule has 1 atom stereocenters. The summed E-state index contributed by atoms with van der Waals surface area (Å²) in [6.07, 6.45) is 9.52. The zero-order valence-corrected chi connectivity index (χ0v) is 13.2. The van der Waals surface area contributed by atoms with Gasteiger partial charge in [0, 0.05) is 12.7 Å². The Kier molecular flexibility index (Phi) is 5.22. The maximum atomic E-state index is 11.1. The van der Waals surface area contributed by atoms with Crippen molar-refractivity contribution in [2.75, 3.05) is 14.1 Å². The van der Waals surface area contributed by atoms with Gasteiger partial charge >= 0.3 is 0 Å². The van der Waals surface area contributed by atoms with Gasteiger partial charge < -0.3 is 10.0 Å². The van der Waals surface area contributed by atoms with Gasteiger partial charge in [-0.1, -0.05) is 32.6 Å². The summed E-state index contributed by atoms with van der Waals surface area (Å²) in [4.78, 5) is 2.24. The molecule has 1 aliphatic carbocycles. The largest absolute Gasteiger partial charge is 0.385 e. The third-order valence-electron chi connectivity index (χ3n) is 4.83. The molecule has 0 aliphatic heterocycles. The summed E-state index contributed by atoms with van der Waals surface area (Å²) in [5.41, 5.74) is 0.838. The van der Waals surface area contributed by atoms with E-state index in [1.165, 1.54) is 25.7 Å². The van der Waals surface area contributed by atoms with Gasteiger partial charge in [-0.3, -0.25) is 4.68 Å². The molecule has 1 heterocycles. The molecule has 4 heteroatoms. The van der Waals surface area contributed by atoms with Crippen LogP contribution in [0.1, 0.15) is 63.7 Å². The second kappa shape index (κ2) is 6.72. The van der Waals surface area contributed by atoms with Crippen LogP contribution in [0.3, 0.4) is 0 Å². The highest BCUT2D eigenvalue weighted by Crippen LogP contribution is 2.40. The van der Waals surface area contributed by atoms with Crippen LogP contribution in [-0.2, 0) is 6.54 Å². The summed E-state index contributed by atoms with van der Waals surface area (Å²) in [6.45, 7) is 3.02. The Morgan fingerprint density at radius 2 is 1.95 bits per heavy atom. The normalized spacial score (nSPS) is 20.9. The number of aromatic nitrogens is 2. The van der Waals surface area contributed by atoms with Crippen LogP contribution < -0.4 is 0 Å². The van der Waals surface area contributed by atoms with Gasteiger partial charge in [-0.25, -0.2) is 0 Å². The van der Waals surface area contributed by atoms with Crippen LogP contribution in [0.4, 0.5) is 0 Å². The molecule has 0 amide bonds. The first-order valence-corrected chi connectivity index (χ1v) is 7.99. The van der Waals surface area contributed by atoms with E-state index in [9.17, 15) is 5.11 Å². The minimum absolute atomic E-state index is 0.137. The lowest BCUT2D eigenvalue weighted by Crippen LogP contribution is -2.49. The van der Waals surface area contributed by atoms with E-state index in [1.807, 2.05) is 16.9 Å². The number of hydrogen-bond donors (Lipinski definition) is 1. The van der Waals surface area contributed by atoms with E-state index >= 15 is 0 Å². The van der Waals surface area contributed by atoms with Gasteiger partial charge in [0.1, 0.15) is 6.10 Å². The highest BCUT2D eigenvalue weighted by atomic mass is 16.3. The monoisotopic (exact) mass is 279 g/mol. The predicted molar refractivity (Wildman–Crippen MR) is 81.6 cm³/mol. The maximum absolute atomic E-state index is 11.1. The quantitative estimate of drug-likeness (QED) is 0.843. The van der Waals surface area contributed by atoms with E-state index < -0.39 is 6.10 Å². The van der Waals surface area contributed by atoms with Crippen LogP contribution in [-0.4, -0.2) is 39.4 Å². The molecule has 1 N–H and O–H groups in total. The van der Waals surface area contributed by atoms with Crippen LogP contribution in [0.2, 0.25) is 0 Å². The zero-order valence-electron chi connectivity index (χ0n) is 13.2. The SMILES string of the molecule is CCCn1nccc1C(O)C1(N(C)C)CCCCCC1. The molecule has 0 spiro atoms. The van der Waals surface area contributed by atoms with Crippen molar-refractivity contribution >= 4 is 0 Å². The summed E-state index contributed by atoms with van der Waals surface area (Å²) in [7, 11) is 4.21. The molecule has 20 heavy (non-hydrogen) atoms. The average molecular weight is 279 g/mol. The topological polar surface area (TPSA) is 41.3 Å². The first kappa shape index (κ1) is 15.5. The van der Waals surface area contributed by atoms with E-state index in [4.69, 9.17) is 0 Å². The number of aliphatic hydroxyl groups is 1. The minimum Gasteiger partial charge on any atom is -0.385 e. The molecule has 114 valence electrons. The maximum Gasteiger partial charge on any atom is 0.114 e. The van der Waals surface area contributed by atoms with Crippen molar-refractivity contribution in [1.29, 1.82) is 0 Å². The van der Waals surface area contributed by atoms with Crippen molar-refractivity contribution in [3.05, 3.63) is 18.0 Å². The first-order valence-electron chi connectivity index (χ1n) is 7.99. The third kappa shape index (κ3) is 2.91. The lowest BCUT2D eigenvalue weighted by Gasteiger charge is -2.43. The van der Waals surface area contributed by atoms with Gasteiger partial charge in [0.2, 0.25) is 0 Å². The number of rotatable bonds is 5. The van der Waals surface area contributed by atoms with Crippen LogP contribution in [0.15, 0.2) is 12.3 Å². The Hall–Kier alpha value is -0.870. The van der Waals surface area contributed by atoms with Gasteiger partial charge in [0.05, 0.1) is 11.2 Å². The molecule has 1 aromatic heterocycles. The number of aryl methyl sites for hydroxylation is 1. The Morgan fingerprint density at radius 1 is 1.30 bits per heavy atom. The van der Waals surface area contributed by atoms with Crippen molar-refractivity contribution < 1.29 is 5.11 Å². The molecule has 1 fully saturated rings. The molecule has 1 unspecified atom stereocenters. The molecule has 0 bridgehead atoms. The smallest absolute Gasteiger partial charge is 0.114 e. The summed E-state index contributed by atoms with van der Waals surface area (Å²) in [6, 6.07) is 1.98. The van der Waals surface area contributed by atoms with E-state index in [0.717, 1.165) is 31.5 Å². The highest BCUT2D eigenvalue weighted by Gasteiger charge is 2.42. The van der Waals surface area contributed by atoms with Crippen LogP contribution in [0.5, 0.6) is 0 Å². The molecule has 0 radical (unpaired) electrons. The molecule has 1 saturated carbocycles. The van der Waals surface area contributed by atoms with Gasteiger partial charge in [-0.05, 0) is 39.4 Å². The van der Waals surface area contributed by atoms with Crippen LogP contribution >= 0.6 is 0 Å². The molecule has 1 aromatic rings. The Morgan fingerprint density at radius 3 is 2.50 bits per heavy atom. The third-order valence-corrected chi connectivity index (χ3v) is 4.83. The fraction of sp³-hybridized carbons (Fsp3) is 0.812. The number of likely N-dealkylation sites (N-methyl/N-ethyl adjacent to an activating group) is 1. The molecular weight excluding hydrogens is 250 g/mol. The fourth-order valence-corrected chi connectivity index (χ4v) is 3.56. The minimum atomic E-state index is -0.454. The highest BCUT2D eigenvalue weighted by molar-refractivity contribution is 5.13. The van der Waals surface area contributed by atoms with Crippen molar-refractivity contribution in [2.45, 2.75) is 70.1 Å². The van der Waals surface area contributed by atoms with Crippen molar-refractivity contribution in [2.24, 2.45) is 0 Å². The van der Waals surface area contributed by atoms with E-state index in [1.54, 1.807) is 0 Å². The second-order valence-electron chi connectivity index (χ2n) is 6.29. The van der Waals surface area contributed by atoms with E-state index in [-0.39, 0.29) is 5.54 Å². The predicted octanol–water partition coefficient (Wildman–Crippen LogP) is 2.98. The zero-order chi connectivity index (χ0) is 14.6. The lowest BCUT2D eigenvalue weighted by molar-refractivity contribution is -0.0246. The fourth-order valence-electron chi connectivity index (χ4n) is 3.56. The molecular formula is C16H29N3O. The number of nitrogens with zero attached hydrogens (tertiary/aromatic N) is 3. The second-order valence-corrected chi connectivity index (χ2v) is 6.29. The van der Waals surface area contributed by atoms with Crippen molar-refractivity contribution in [3.63, 3.8) is 0 Å². The van der Waals surface area contributed by atoms with Crippen molar-refractivity contribution in [3.8, 4) is 0 Å². The Balaban J connectivity index is 2.30. The van der Waals surface area contributed by atoms with Gasteiger partial charge in [-0.15, -0.1) is 0 Å². The Labute approximate surface area is 122 Å². The average Bonchev–Trinajstić information content (AvgIpc) is 2.73. The molecule has 4 nitrogen and oxygen atoms in total. The van der Waals surface area contributed by atoms with Crippen LogP contribution in [0, 0.1) is 0 Å². The summed E-state index contributed by atoms with van der Waals surface area (Å²) in [5, 5.41) is 15.5. The van der Waals surface area contributed by atoms with Gasteiger partial charge in [-0.2, -0.15) is 5.10 Å². The van der Waals surface area contributed by atoms with Gasteiger partial charge in [0.25, 0.3) is 0 Å². The molecule has 2 rings (SSSR count). The van der Waals surface area contributed by atoms with E-state index in [2.05, 4.69) is 31.0 Å². The summed E-state index contributed by atoms with van der Waals surface area (Å²) < 4.78 is 1.97. The molecule has 0 saturated heterocycles. The van der Waals surface area contributed by atoms with Crippen LogP contribution in [0.25, 0.3) is 0 Å². The lowest BCUT2D eigenvalue weighted by atomic mass is 9.81. The number of aliphatic hydroxyl groups excluding tert-OH is 1.